The van der Waals surface area contributed by atoms with Crippen LogP contribution in [0.1, 0.15) is 5.56 Å². The van der Waals surface area contributed by atoms with E-state index in [1.807, 2.05) is 6.92 Å². The minimum atomic E-state index is 0.599. The van der Waals surface area contributed by atoms with Crippen LogP contribution in [0.2, 0.25) is 5.02 Å². The lowest BCUT2D eigenvalue weighted by molar-refractivity contribution is 1.26. The number of nitrogens with two attached hydrogens (primary N) is 1. The maximum Gasteiger partial charge on any atom is 0.149 e. The molecule has 0 amide bonds. The van der Waals surface area contributed by atoms with Crippen molar-refractivity contribution in [2.24, 2.45) is 0 Å². The summed E-state index contributed by atoms with van der Waals surface area (Å²) in [5.74, 6) is 0.673. The first-order valence-electron chi connectivity index (χ1n) is 3.25. The smallest absolute Gasteiger partial charge is 0.149 e. The Hall–Kier alpha value is -0.960. The number of nitrogens with zero attached hydrogens (tertiary/aromatic N) is 1. The van der Waals surface area contributed by atoms with Crippen LogP contribution in [0.15, 0.2) is 6.20 Å². The van der Waals surface area contributed by atoms with Gasteiger partial charge in [0.15, 0.2) is 0 Å². The Morgan fingerprint density at radius 2 is 2.27 bits per heavy atom. The van der Waals surface area contributed by atoms with Gasteiger partial charge in [-0.05, 0) is 12.5 Å². The number of hydrogen-bond donors (Lipinski definition) is 2. The predicted octanol–water partition coefficient (Wildman–Crippen LogP) is 1.67. The van der Waals surface area contributed by atoms with E-state index in [9.17, 15) is 0 Å². The molecule has 0 bridgehead atoms. The molecule has 1 heterocycles. The zero-order valence-corrected chi connectivity index (χ0v) is 7.24. The number of rotatable bonds is 1. The maximum atomic E-state index is 5.77. The molecule has 0 aliphatic carbocycles. The Kier molecular flexibility index (Phi) is 2.19. The van der Waals surface area contributed by atoms with Crippen molar-refractivity contribution in [1.29, 1.82) is 0 Å². The van der Waals surface area contributed by atoms with Gasteiger partial charge in [0.05, 0.1) is 10.7 Å². The van der Waals surface area contributed by atoms with Crippen LogP contribution in [0.25, 0.3) is 0 Å². The zero-order chi connectivity index (χ0) is 8.43. The van der Waals surface area contributed by atoms with Crippen LogP contribution in [-0.2, 0) is 0 Å². The lowest BCUT2D eigenvalue weighted by Crippen LogP contribution is -2.00. The molecule has 11 heavy (non-hydrogen) atoms. The molecular weight excluding hydrogens is 162 g/mol. The molecule has 1 aromatic rings. The van der Waals surface area contributed by atoms with Crippen molar-refractivity contribution in [2.45, 2.75) is 6.92 Å². The summed E-state index contributed by atoms with van der Waals surface area (Å²) in [5, 5.41) is 3.47. The summed E-state index contributed by atoms with van der Waals surface area (Å²) in [6.45, 7) is 1.86. The lowest BCUT2D eigenvalue weighted by atomic mass is 10.2. The summed E-state index contributed by atoms with van der Waals surface area (Å²) >= 11 is 5.77. The van der Waals surface area contributed by atoms with Crippen LogP contribution >= 0.6 is 11.6 Å². The number of anilines is 2. The molecule has 3 N–H and O–H groups in total. The lowest BCUT2D eigenvalue weighted by Gasteiger charge is -2.06. The van der Waals surface area contributed by atoms with Gasteiger partial charge in [-0.1, -0.05) is 11.6 Å². The third kappa shape index (κ3) is 1.38. The van der Waals surface area contributed by atoms with Crippen LogP contribution in [0.3, 0.4) is 0 Å². The second-order valence-corrected chi connectivity index (χ2v) is 2.65. The topological polar surface area (TPSA) is 50.9 Å². The molecule has 0 unspecified atom stereocenters. The second-order valence-electron chi connectivity index (χ2n) is 2.24. The summed E-state index contributed by atoms with van der Waals surface area (Å²) < 4.78 is 0. The van der Waals surface area contributed by atoms with Crippen molar-refractivity contribution < 1.29 is 0 Å². The monoisotopic (exact) mass is 171 g/mol. The molecule has 0 radical (unpaired) electrons. The van der Waals surface area contributed by atoms with Gasteiger partial charge in [0.25, 0.3) is 0 Å². The molecule has 0 fully saturated rings. The number of pyridine rings is 1. The van der Waals surface area contributed by atoms with E-state index in [0.717, 1.165) is 5.56 Å². The summed E-state index contributed by atoms with van der Waals surface area (Å²) in [7, 11) is 1.77. The van der Waals surface area contributed by atoms with Crippen LogP contribution in [0.5, 0.6) is 0 Å². The Balaban J connectivity index is 3.25. The molecule has 1 aromatic heterocycles. The number of hydrogen-bond acceptors (Lipinski definition) is 3. The Labute approximate surface area is 70.6 Å². The van der Waals surface area contributed by atoms with Gasteiger partial charge >= 0.3 is 0 Å². The molecule has 0 saturated heterocycles. The quantitative estimate of drug-likeness (QED) is 0.676. The van der Waals surface area contributed by atoms with Crippen molar-refractivity contribution in [2.75, 3.05) is 18.1 Å². The fraction of sp³-hybridized carbons (Fsp3) is 0.286. The molecule has 0 aliphatic rings. The normalized spacial score (nSPS) is 9.73. The van der Waals surface area contributed by atoms with Crippen molar-refractivity contribution in [3.05, 3.63) is 16.8 Å². The molecular formula is C7H10ClN3. The largest absolute Gasteiger partial charge is 0.395 e. The fourth-order valence-corrected chi connectivity index (χ4v) is 0.944. The first-order valence-corrected chi connectivity index (χ1v) is 3.63. The summed E-state index contributed by atoms with van der Waals surface area (Å²) in [5.41, 5.74) is 7.16. The van der Waals surface area contributed by atoms with E-state index < -0.39 is 0 Å². The third-order valence-electron chi connectivity index (χ3n) is 1.56. The number of nitrogens with one attached hydrogen (secondary N) is 1. The Morgan fingerprint density at radius 3 is 2.82 bits per heavy atom. The molecule has 60 valence electrons. The number of nitrogen functional groups attached to an aromatic ring is 1. The highest BCUT2D eigenvalue weighted by Crippen LogP contribution is 2.25. The summed E-state index contributed by atoms with van der Waals surface area (Å²) in [4.78, 5) is 3.99. The fourth-order valence-electron chi connectivity index (χ4n) is 0.793. The maximum absolute atomic E-state index is 5.77. The second kappa shape index (κ2) is 2.96. The Bertz CT molecular complexity index is 273. The molecule has 3 nitrogen and oxygen atoms in total. The van der Waals surface area contributed by atoms with Gasteiger partial charge in [0.1, 0.15) is 5.82 Å². The van der Waals surface area contributed by atoms with Gasteiger partial charge < -0.3 is 11.1 Å². The highest BCUT2D eigenvalue weighted by atomic mass is 35.5. The first-order chi connectivity index (χ1) is 5.16. The van der Waals surface area contributed by atoms with E-state index in [-0.39, 0.29) is 0 Å². The van der Waals surface area contributed by atoms with Gasteiger partial charge in [-0.3, -0.25) is 0 Å². The van der Waals surface area contributed by atoms with Crippen molar-refractivity contribution in [3.8, 4) is 0 Å². The molecule has 0 spiro atoms. The highest BCUT2D eigenvalue weighted by molar-refractivity contribution is 6.31. The molecule has 0 aromatic carbocycles. The van der Waals surface area contributed by atoms with E-state index in [2.05, 4.69) is 10.3 Å². The van der Waals surface area contributed by atoms with Gasteiger partial charge in [-0.15, -0.1) is 0 Å². The van der Waals surface area contributed by atoms with Gasteiger partial charge in [0, 0.05) is 13.2 Å². The van der Waals surface area contributed by atoms with E-state index in [1.165, 1.54) is 0 Å². The van der Waals surface area contributed by atoms with Crippen molar-refractivity contribution in [1.82, 2.24) is 4.98 Å². The number of aromatic nitrogens is 1. The van der Waals surface area contributed by atoms with Crippen LogP contribution in [0, 0.1) is 6.92 Å². The molecule has 4 heteroatoms. The Morgan fingerprint density at radius 1 is 1.64 bits per heavy atom. The standard InChI is InChI=1S/C7H10ClN3/c1-4-5(8)3-11-7(10-2)6(4)9/h3H,9H2,1-2H3,(H,10,11). The summed E-state index contributed by atoms with van der Waals surface area (Å²) in [6.07, 6.45) is 1.58. The van der Waals surface area contributed by atoms with Crippen molar-refractivity contribution in [3.63, 3.8) is 0 Å². The highest BCUT2D eigenvalue weighted by Gasteiger charge is 2.04. The van der Waals surface area contributed by atoms with E-state index in [4.69, 9.17) is 17.3 Å². The predicted molar refractivity (Wildman–Crippen MR) is 47.9 cm³/mol. The van der Waals surface area contributed by atoms with Gasteiger partial charge in [-0.2, -0.15) is 0 Å². The minimum Gasteiger partial charge on any atom is -0.395 e. The van der Waals surface area contributed by atoms with E-state index in [0.29, 0.717) is 16.5 Å². The first kappa shape index (κ1) is 8.14. The van der Waals surface area contributed by atoms with E-state index in [1.54, 1.807) is 13.2 Å². The SMILES string of the molecule is CNc1ncc(Cl)c(C)c1N. The molecule has 0 aliphatic heterocycles. The zero-order valence-electron chi connectivity index (χ0n) is 6.48. The minimum absolute atomic E-state index is 0.599. The average molecular weight is 172 g/mol. The van der Waals surface area contributed by atoms with E-state index >= 15 is 0 Å². The van der Waals surface area contributed by atoms with Crippen LogP contribution < -0.4 is 11.1 Å². The van der Waals surface area contributed by atoms with Crippen LogP contribution in [0.4, 0.5) is 11.5 Å². The summed E-state index contributed by atoms with van der Waals surface area (Å²) in [6, 6.07) is 0. The van der Waals surface area contributed by atoms with Gasteiger partial charge in [-0.25, -0.2) is 4.98 Å². The molecule has 1 rings (SSSR count). The van der Waals surface area contributed by atoms with Crippen molar-refractivity contribution >= 4 is 23.1 Å². The third-order valence-corrected chi connectivity index (χ3v) is 1.94. The molecule has 0 saturated carbocycles. The number of halogens is 1. The molecule has 0 atom stereocenters. The van der Waals surface area contributed by atoms with Gasteiger partial charge in [0.2, 0.25) is 0 Å². The van der Waals surface area contributed by atoms with Crippen LogP contribution in [-0.4, -0.2) is 12.0 Å². The average Bonchev–Trinajstić information content (AvgIpc) is 2.01.